The molecule has 9 nitrogen and oxygen atoms in total. The van der Waals surface area contributed by atoms with Gasteiger partial charge in [0.2, 0.25) is 5.75 Å². The van der Waals surface area contributed by atoms with Gasteiger partial charge in [-0.15, -0.1) is 0 Å². The molecule has 3 aromatic rings. The SMILES string of the molecule is O=[N+]([O-])c1cccc(NS(=O)(=O)c2ccccc2)c1OS(=O)(=O)c1ccccc1. The largest absolute Gasteiger partial charge is 0.369 e. The summed E-state index contributed by atoms with van der Waals surface area (Å²) in [6.07, 6.45) is 0. The first-order valence-electron chi connectivity index (χ1n) is 8.05. The predicted molar refractivity (Wildman–Crippen MR) is 105 cm³/mol. The van der Waals surface area contributed by atoms with Crippen LogP contribution >= 0.6 is 0 Å². The molecule has 0 radical (unpaired) electrons. The lowest BCUT2D eigenvalue weighted by Crippen LogP contribution is -2.16. The highest BCUT2D eigenvalue weighted by Crippen LogP contribution is 2.38. The lowest BCUT2D eigenvalue weighted by Gasteiger charge is -2.13. The van der Waals surface area contributed by atoms with Gasteiger partial charge in [-0.2, -0.15) is 8.42 Å². The van der Waals surface area contributed by atoms with Crippen LogP contribution in [0.3, 0.4) is 0 Å². The first-order chi connectivity index (χ1) is 13.7. The molecule has 11 heteroatoms. The first-order valence-corrected chi connectivity index (χ1v) is 10.9. The Bertz CT molecular complexity index is 1240. The summed E-state index contributed by atoms with van der Waals surface area (Å²) in [5, 5.41) is 11.4. The minimum Gasteiger partial charge on any atom is -0.369 e. The van der Waals surface area contributed by atoms with Crippen molar-refractivity contribution in [2.24, 2.45) is 0 Å². The number of nitro benzene ring substituents is 1. The van der Waals surface area contributed by atoms with E-state index < -0.39 is 36.5 Å². The number of para-hydroxylation sites is 1. The van der Waals surface area contributed by atoms with Crippen LogP contribution in [-0.2, 0) is 20.1 Å². The lowest BCUT2D eigenvalue weighted by molar-refractivity contribution is -0.385. The summed E-state index contributed by atoms with van der Waals surface area (Å²) in [5.41, 5.74) is -1.10. The zero-order valence-corrected chi connectivity index (χ0v) is 16.3. The number of hydrogen-bond acceptors (Lipinski definition) is 7. The van der Waals surface area contributed by atoms with Gasteiger partial charge in [0.1, 0.15) is 4.90 Å². The fraction of sp³-hybridized carbons (Fsp3) is 0. The molecule has 0 aliphatic rings. The molecule has 0 unspecified atom stereocenters. The Labute approximate surface area is 166 Å². The normalized spacial score (nSPS) is 11.6. The first kappa shape index (κ1) is 20.3. The van der Waals surface area contributed by atoms with Crippen LogP contribution < -0.4 is 8.91 Å². The fourth-order valence-corrected chi connectivity index (χ4v) is 4.45. The minimum atomic E-state index is -4.45. The molecule has 29 heavy (non-hydrogen) atoms. The smallest absolute Gasteiger partial charge is 0.339 e. The van der Waals surface area contributed by atoms with E-state index in [2.05, 4.69) is 4.72 Å². The van der Waals surface area contributed by atoms with E-state index in [1.165, 1.54) is 60.7 Å². The molecule has 0 aliphatic carbocycles. The van der Waals surface area contributed by atoms with E-state index in [4.69, 9.17) is 4.18 Å². The Balaban J connectivity index is 2.08. The molecular formula is C18H14N2O7S2. The standard InChI is InChI=1S/C18H14N2O7S2/c21-20(22)17-13-7-12-16(19-28(23,24)14-8-3-1-4-9-14)18(17)27-29(25,26)15-10-5-2-6-11-15/h1-13,19H. The van der Waals surface area contributed by atoms with Crippen molar-refractivity contribution in [1.82, 2.24) is 0 Å². The third kappa shape index (κ3) is 4.52. The van der Waals surface area contributed by atoms with E-state index in [9.17, 15) is 26.9 Å². The van der Waals surface area contributed by atoms with E-state index in [1.807, 2.05) is 0 Å². The molecule has 3 aromatic carbocycles. The molecular weight excluding hydrogens is 420 g/mol. The van der Waals surface area contributed by atoms with Gasteiger partial charge in [0.25, 0.3) is 10.0 Å². The van der Waals surface area contributed by atoms with E-state index in [0.717, 1.165) is 6.07 Å². The Kier molecular flexibility index (Phi) is 5.52. The van der Waals surface area contributed by atoms with Gasteiger partial charge in [0.15, 0.2) is 0 Å². The second-order valence-corrected chi connectivity index (χ2v) is 8.91. The summed E-state index contributed by atoms with van der Waals surface area (Å²) in [5.74, 6) is -0.735. The summed E-state index contributed by atoms with van der Waals surface area (Å²) in [6.45, 7) is 0. The Hall–Kier alpha value is -3.44. The predicted octanol–water partition coefficient (Wildman–Crippen LogP) is 3.16. The monoisotopic (exact) mass is 434 g/mol. The second-order valence-electron chi connectivity index (χ2n) is 5.68. The number of nitro groups is 1. The average molecular weight is 434 g/mol. The minimum absolute atomic E-state index is 0.108. The van der Waals surface area contributed by atoms with Crippen molar-refractivity contribution in [1.29, 1.82) is 0 Å². The molecule has 0 aliphatic heterocycles. The maximum Gasteiger partial charge on any atom is 0.339 e. The number of benzene rings is 3. The van der Waals surface area contributed by atoms with Gasteiger partial charge < -0.3 is 4.18 Å². The molecule has 0 amide bonds. The number of rotatable bonds is 7. The quantitative estimate of drug-likeness (QED) is 0.343. The van der Waals surface area contributed by atoms with Crippen LogP contribution in [-0.4, -0.2) is 21.8 Å². The van der Waals surface area contributed by atoms with Crippen LogP contribution in [0.15, 0.2) is 88.7 Å². The number of sulfonamides is 1. The average Bonchev–Trinajstić information content (AvgIpc) is 2.70. The topological polar surface area (TPSA) is 133 Å². The summed E-state index contributed by atoms with van der Waals surface area (Å²) in [4.78, 5) is 10.2. The lowest BCUT2D eigenvalue weighted by atomic mass is 10.2. The summed E-state index contributed by atoms with van der Waals surface area (Å²) < 4.78 is 57.4. The molecule has 0 aromatic heterocycles. The number of hydrogen-bond donors (Lipinski definition) is 1. The van der Waals surface area contributed by atoms with Crippen molar-refractivity contribution >= 4 is 31.5 Å². The van der Waals surface area contributed by atoms with E-state index in [1.54, 1.807) is 12.1 Å². The van der Waals surface area contributed by atoms with Crippen LogP contribution in [0.1, 0.15) is 0 Å². The second kappa shape index (κ2) is 7.89. The van der Waals surface area contributed by atoms with Crippen molar-refractivity contribution in [2.45, 2.75) is 9.79 Å². The highest BCUT2D eigenvalue weighted by atomic mass is 32.2. The summed E-state index contributed by atoms with van der Waals surface area (Å²) in [7, 11) is -8.60. The number of nitrogens with zero attached hydrogens (tertiary/aromatic N) is 1. The van der Waals surface area contributed by atoms with Gasteiger partial charge in [-0.05, 0) is 30.3 Å². The van der Waals surface area contributed by atoms with Crippen LogP contribution in [0.4, 0.5) is 11.4 Å². The van der Waals surface area contributed by atoms with Crippen LogP contribution in [0, 0.1) is 10.1 Å². The molecule has 0 fully saturated rings. The number of nitrogens with one attached hydrogen (secondary N) is 1. The van der Waals surface area contributed by atoms with E-state index in [0.29, 0.717) is 0 Å². The third-order valence-corrected chi connectivity index (χ3v) is 6.33. The molecule has 0 saturated heterocycles. The van der Waals surface area contributed by atoms with Crippen LogP contribution in [0.5, 0.6) is 5.75 Å². The van der Waals surface area contributed by atoms with Gasteiger partial charge in [0, 0.05) is 6.07 Å². The van der Waals surface area contributed by atoms with E-state index in [-0.39, 0.29) is 15.5 Å². The maximum atomic E-state index is 12.6. The summed E-state index contributed by atoms with van der Waals surface area (Å²) >= 11 is 0. The van der Waals surface area contributed by atoms with Crippen LogP contribution in [0.25, 0.3) is 0 Å². The molecule has 0 bridgehead atoms. The van der Waals surface area contributed by atoms with Gasteiger partial charge in [-0.25, -0.2) is 8.42 Å². The van der Waals surface area contributed by atoms with Crippen molar-refractivity contribution in [3.05, 3.63) is 89.0 Å². The van der Waals surface area contributed by atoms with Crippen molar-refractivity contribution in [2.75, 3.05) is 4.72 Å². The van der Waals surface area contributed by atoms with Gasteiger partial charge in [0.05, 0.1) is 15.5 Å². The Morgan fingerprint density at radius 2 is 1.31 bits per heavy atom. The van der Waals surface area contributed by atoms with Crippen LogP contribution in [0.2, 0.25) is 0 Å². The van der Waals surface area contributed by atoms with Gasteiger partial charge in [-0.1, -0.05) is 42.5 Å². The fourth-order valence-electron chi connectivity index (χ4n) is 2.38. The molecule has 0 heterocycles. The molecule has 150 valence electrons. The Morgan fingerprint density at radius 3 is 1.86 bits per heavy atom. The third-order valence-electron chi connectivity index (χ3n) is 3.71. The summed E-state index contributed by atoms with van der Waals surface area (Å²) in [6, 6.07) is 17.6. The van der Waals surface area contributed by atoms with Gasteiger partial charge >= 0.3 is 15.8 Å². The Morgan fingerprint density at radius 1 is 0.759 bits per heavy atom. The van der Waals surface area contributed by atoms with Crippen molar-refractivity contribution in [3.63, 3.8) is 0 Å². The van der Waals surface area contributed by atoms with Crippen molar-refractivity contribution < 1.29 is 25.9 Å². The van der Waals surface area contributed by atoms with E-state index >= 15 is 0 Å². The molecule has 0 saturated carbocycles. The zero-order valence-electron chi connectivity index (χ0n) is 14.6. The molecule has 1 N–H and O–H groups in total. The number of anilines is 1. The van der Waals surface area contributed by atoms with Gasteiger partial charge in [-0.3, -0.25) is 14.8 Å². The highest BCUT2D eigenvalue weighted by Gasteiger charge is 2.28. The maximum absolute atomic E-state index is 12.6. The van der Waals surface area contributed by atoms with Crippen molar-refractivity contribution in [3.8, 4) is 5.75 Å². The zero-order chi connectivity index (χ0) is 21.1. The molecule has 3 rings (SSSR count). The molecule has 0 spiro atoms. The molecule has 0 atom stereocenters. The highest BCUT2D eigenvalue weighted by molar-refractivity contribution is 7.92.